The van der Waals surface area contributed by atoms with Gasteiger partial charge in [-0.25, -0.2) is 0 Å². The number of cyclic esters (lactones) is 1. The van der Waals surface area contributed by atoms with Gasteiger partial charge in [-0.3, -0.25) is 4.79 Å². The number of carbonyl (C=O) groups is 1. The third-order valence-electron chi connectivity index (χ3n) is 24.9. The van der Waals surface area contributed by atoms with Crippen LogP contribution in [0, 0.1) is 45.3 Å². The van der Waals surface area contributed by atoms with E-state index in [9.17, 15) is 86.5 Å². The SMILES string of the molecule is CO[C@@H]1[C@@H](O)[C@H](O[C@@H]2[C@@H](O)[C@H](O[C@H]3[C@H](O)[C@@H](O)[C@H](O[C@H]4[C@H](O[C@H]5CC[C@]6(C)C7=C[C@H](O)[C@]89C(=O)O[C@@](C)(CCCC(C)C)[C@H]8CC[C@@]9(C)[C@@H]7CC[C@H]6C5(C)C)OC[C@@H](O[C@@H]5O[C@H](CO)[C@@H](O)[C@H](O[C@@H]6O[C@H](CO)[C@@H](O)[C@H](OC)[C@H]6O)[C@H]5O)[C@@H]4O)O[C@@H]3C)O[C@H](CO)[C@H]2O)O[C@H](CO)[C@H]1O. The van der Waals surface area contributed by atoms with Crippen molar-refractivity contribution in [2.24, 2.45) is 45.3 Å². The number of hydrogen-bond donors (Lipinski definition) is 16. The molecule has 7 aliphatic heterocycles. The van der Waals surface area contributed by atoms with Gasteiger partial charge in [0, 0.05) is 20.1 Å². The Bertz CT molecular complexity index is 2740. The van der Waals surface area contributed by atoms with E-state index in [0.29, 0.717) is 38.0 Å². The fourth-order valence-electron chi connectivity index (χ4n) is 19.4. The fraction of sp³-hybridized carbons (Fsp3) is 0.955. The number of esters is 1. The monoisotopic (exact) mass is 1430 g/mol. The molecule has 3 saturated carbocycles. The van der Waals surface area contributed by atoms with Crippen LogP contribution in [-0.2, 0) is 75.8 Å². The van der Waals surface area contributed by atoms with Crippen LogP contribution in [0.4, 0.5) is 0 Å². The highest BCUT2D eigenvalue weighted by molar-refractivity contribution is 5.84. The molecule has 0 radical (unpaired) electrons. The van der Waals surface area contributed by atoms with Gasteiger partial charge in [-0.05, 0) is 99.2 Å². The molecule has 11 aliphatic rings. The maximum atomic E-state index is 14.6. The molecule has 16 N–H and O–H groups in total. The number of allylic oxidation sites excluding steroid dienone is 1. The summed E-state index contributed by atoms with van der Waals surface area (Å²) in [4.78, 5) is 14.6. The Labute approximate surface area is 575 Å². The lowest BCUT2D eigenvalue weighted by Gasteiger charge is -2.64. The number of hydrogen-bond acceptors (Lipinski definition) is 32. The zero-order valence-electron chi connectivity index (χ0n) is 57.9. The highest BCUT2D eigenvalue weighted by Gasteiger charge is 2.79. The molecule has 99 heavy (non-hydrogen) atoms. The van der Waals surface area contributed by atoms with E-state index in [0.717, 1.165) is 31.3 Å². The van der Waals surface area contributed by atoms with Gasteiger partial charge >= 0.3 is 5.97 Å². The summed E-state index contributed by atoms with van der Waals surface area (Å²) in [5.41, 5.74) is -2.51. The van der Waals surface area contributed by atoms with Crippen LogP contribution in [0.25, 0.3) is 0 Å². The Hall–Kier alpha value is -1.99. The molecule has 11 rings (SSSR count). The Morgan fingerprint density at radius 3 is 1.48 bits per heavy atom. The summed E-state index contributed by atoms with van der Waals surface area (Å²) in [6.45, 7) is 12.6. The van der Waals surface area contributed by atoms with Crippen molar-refractivity contribution in [1.82, 2.24) is 0 Å². The zero-order valence-corrected chi connectivity index (χ0v) is 57.9. The molecule has 7 heterocycles. The van der Waals surface area contributed by atoms with Crippen molar-refractivity contribution >= 4 is 5.97 Å². The average Bonchev–Trinajstić information content (AvgIpc) is 1.53. The van der Waals surface area contributed by atoms with Crippen molar-refractivity contribution in [3.63, 3.8) is 0 Å². The maximum Gasteiger partial charge on any atom is 0.316 e. The van der Waals surface area contributed by atoms with Crippen LogP contribution in [0.3, 0.4) is 0 Å². The summed E-state index contributed by atoms with van der Waals surface area (Å²) in [6.07, 6.45) is -42.5. The Morgan fingerprint density at radius 2 is 0.980 bits per heavy atom. The summed E-state index contributed by atoms with van der Waals surface area (Å²) in [5, 5.41) is 180. The number of carbonyl (C=O) groups excluding carboxylic acids is 1. The minimum absolute atomic E-state index is 0.0371. The lowest BCUT2D eigenvalue weighted by Crippen LogP contribution is -2.67. The lowest BCUT2D eigenvalue weighted by atomic mass is 9.40. The van der Waals surface area contributed by atoms with Gasteiger partial charge in [0.15, 0.2) is 37.7 Å². The van der Waals surface area contributed by atoms with Gasteiger partial charge in [0.25, 0.3) is 0 Å². The van der Waals surface area contributed by atoms with Gasteiger partial charge in [-0.1, -0.05) is 59.6 Å². The molecule has 1 spiro atoms. The van der Waals surface area contributed by atoms with Crippen molar-refractivity contribution in [1.29, 1.82) is 0 Å². The minimum Gasteiger partial charge on any atom is -0.459 e. The van der Waals surface area contributed by atoms with Crippen molar-refractivity contribution < 1.29 is 158 Å². The van der Waals surface area contributed by atoms with E-state index < -0.39 is 251 Å². The molecule has 0 aromatic rings. The normalized spacial score (nSPS) is 52.9. The van der Waals surface area contributed by atoms with Crippen LogP contribution in [0.1, 0.15) is 113 Å². The van der Waals surface area contributed by atoms with E-state index in [1.807, 2.05) is 13.0 Å². The number of aliphatic hydroxyl groups is 16. The first-order valence-corrected chi connectivity index (χ1v) is 35.2. The smallest absolute Gasteiger partial charge is 0.316 e. The summed E-state index contributed by atoms with van der Waals surface area (Å²) in [5.74, 6) is -0.129. The number of ether oxygens (including phenoxy) is 15. The zero-order chi connectivity index (χ0) is 72.1. The second kappa shape index (κ2) is 30.3. The molecule has 0 aromatic carbocycles. The highest BCUT2D eigenvalue weighted by Crippen LogP contribution is 2.76. The average molecular weight is 1430 g/mol. The van der Waals surface area contributed by atoms with Gasteiger partial charge in [-0.15, -0.1) is 0 Å². The largest absolute Gasteiger partial charge is 0.459 e. The second-order valence-electron chi connectivity index (χ2n) is 31.2. The Morgan fingerprint density at radius 1 is 0.505 bits per heavy atom. The van der Waals surface area contributed by atoms with Crippen molar-refractivity contribution in [3.05, 3.63) is 11.6 Å². The van der Waals surface area contributed by atoms with Gasteiger partial charge in [0.1, 0.15) is 145 Å². The molecular formula is C67H110O32. The number of rotatable bonds is 22. The third-order valence-corrected chi connectivity index (χ3v) is 24.9. The summed E-state index contributed by atoms with van der Waals surface area (Å²) >= 11 is 0. The molecule has 0 unspecified atom stereocenters. The minimum atomic E-state index is -2.08. The molecule has 32 nitrogen and oxygen atoms in total. The number of methoxy groups -OCH3 is 2. The van der Waals surface area contributed by atoms with Crippen LogP contribution in [-0.4, -0.2) is 331 Å². The number of aliphatic hydroxyl groups excluding tert-OH is 16. The fourth-order valence-corrected chi connectivity index (χ4v) is 19.4. The predicted octanol–water partition coefficient (Wildman–Crippen LogP) is -4.03. The summed E-state index contributed by atoms with van der Waals surface area (Å²) in [6, 6.07) is 0. The van der Waals surface area contributed by atoms with Gasteiger partial charge in [0.2, 0.25) is 0 Å². The number of fused-ring (bicyclic) bond motifs is 4. The van der Waals surface area contributed by atoms with Crippen LogP contribution < -0.4 is 0 Å². The molecule has 0 amide bonds. The molecule has 38 atom stereocenters. The van der Waals surface area contributed by atoms with Crippen LogP contribution in [0.5, 0.6) is 0 Å². The molecule has 0 bridgehead atoms. The topological polar surface area (TPSA) is 479 Å². The molecule has 10 fully saturated rings. The van der Waals surface area contributed by atoms with Crippen LogP contribution >= 0.6 is 0 Å². The lowest BCUT2D eigenvalue weighted by molar-refractivity contribution is -0.397. The van der Waals surface area contributed by atoms with Crippen molar-refractivity contribution in [2.75, 3.05) is 47.3 Å². The van der Waals surface area contributed by atoms with Gasteiger partial charge in [-0.2, -0.15) is 0 Å². The maximum absolute atomic E-state index is 14.6. The molecule has 32 heteroatoms. The van der Waals surface area contributed by atoms with Crippen LogP contribution in [0.15, 0.2) is 11.6 Å². The third kappa shape index (κ3) is 13.5. The first-order chi connectivity index (χ1) is 46.8. The predicted molar refractivity (Wildman–Crippen MR) is 332 cm³/mol. The Kier molecular flexibility index (Phi) is 23.9. The highest BCUT2D eigenvalue weighted by atomic mass is 16.8. The molecule has 4 aliphatic carbocycles. The molecule has 7 saturated heterocycles. The van der Waals surface area contributed by atoms with Gasteiger partial charge in [0.05, 0.1) is 51.3 Å². The Balaban J connectivity index is 0.839. The van der Waals surface area contributed by atoms with Crippen LogP contribution in [0.2, 0.25) is 0 Å². The van der Waals surface area contributed by atoms with E-state index in [1.54, 1.807) is 0 Å². The first kappa shape index (κ1) is 78.1. The summed E-state index contributed by atoms with van der Waals surface area (Å²) < 4.78 is 90.2. The summed E-state index contributed by atoms with van der Waals surface area (Å²) in [7, 11) is 2.36. The standard InChI is InChI=1S/C67H110O32/c1-26(2)12-11-17-66(8)36-15-19-65(7)28-13-14-35-63(4,5)38(16-18-64(35,6)29(28)20-37(72)67(36,65)62(84)99-66)94-61-55(43(77)34(25-87-61)93-57-48(82)53(41(75)32(23-70)89-57)96-58-46(80)51(85-9)39(73)30(21-68)90-58)98-56-45(79)44(78)50(27(3)88-56)95-60-49(83)54(42(76)33(24-71)92-60)97-59-47(81)52(86-10)40(74)31(22-69)91-59/h20,26-28,30-61,68-83H,11-19,21-25H2,1-10H3/t27-,28-,30-,31-,32-,33-,34-,35+,36-,37+,38+,39-,40-,41-,42-,43+,44-,45-,46-,47-,48-,49-,50-,51+,52+,53+,54+,55-,56+,57+,58+,59+,60+,61+,64-,65+,66+,67+/m1/s1. The quantitative estimate of drug-likeness (QED) is 0.0279. The van der Waals surface area contributed by atoms with E-state index in [4.69, 9.17) is 71.1 Å². The van der Waals surface area contributed by atoms with E-state index in [2.05, 4.69) is 41.5 Å². The molecule has 0 aromatic heterocycles. The van der Waals surface area contributed by atoms with E-state index in [1.165, 1.54) is 21.1 Å². The second-order valence-corrected chi connectivity index (χ2v) is 31.2. The first-order valence-electron chi connectivity index (χ1n) is 35.2. The van der Waals surface area contributed by atoms with Crippen molar-refractivity contribution in [3.8, 4) is 0 Å². The molecule has 570 valence electrons. The molecular weight excluding hydrogens is 1320 g/mol. The van der Waals surface area contributed by atoms with E-state index >= 15 is 0 Å². The van der Waals surface area contributed by atoms with Gasteiger partial charge < -0.3 is 153 Å². The van der Waals surface area contributed by atoms with Crippen molar-refractivity contribution in [2.45, 2.75) is 309 Å². The van der Waals surface area contributed by atoms with E-state index in [-0.39, 0.29) is 23.7 Å².